The van der Waals surface area contributed by atoms with E-state index in [1.807, 2.05) is 18.2 Å². The first kappa shape index (κ1) is 14.6. The van der Waals surface area contributed by atoms with Crippen molar-refractivity contribution in [2.45, 2.75) is 6.42 Å². The highest BCUT2D eigenvalue weighted by Gasteiger charge is 2.06. The van der Waals surface area contributed by atoms with Crippen molar-refractivity contribution in [3.05, 3.63) is 59.1 Å². The average molecular weight is 307 g/mol. The lowest BCUT2D eigenvalue weighted by molar-refractivity contribution is 0.478. The molecule has 0 aromatic heterocycles. The third-order valence-electron chi connectivity index (χ3n) is 2.78. The topological polar surface area (TPSA) is 44.3 Å². The second-order valence-electron chi connectivity index (χ2n) is 4.25. The van der Waals surface area contributed by atoms with Gasteiger partial charge < -0.3 is 15.7 Å². The van der Waals surface area contributed by atoms with Crippen LogP contribution in [-0.2, 0) is 6.42 Å². The van der Waals surface area contributed by atoms with Gasteiger partial charge in [-0.3, -0.25) is 0 Å². The Morgan fingerprint density at radius 2 is 1.85 bits per heavy atom. The van der Waals surface area contributed by atoms with E-state index in [0.717, 1.165) is 13.0 Å². The number of halogens is 1. The van der Waals surface area contributed by atoms with Gasteiger partial charge in [0.15, 0.2) is 10.9 Å². The van der Waals surface area contributed by atoms with Crippen molar-refractivity contribution in [3.63, 3.8) is 0 Å². The number of aromatic hydroxyl groups is 1. The predicted octanol–water partition coefficient (Wildman–Crippen LogP) is 3.57. The maximum absolute atomic E-state index is 9.77. The number of thiocarbonyl (C=S) groups is 1. The fourth-order valence-electron chi connectivity index (χ4n) is 1.75. The molecule has 0 saturated carbocycles. The van der Waals surface area contributed by atoms with Crippen LogP contribution in [0.1, 0.15) is 5.56 Å². The van der Waals surface area contributed by atoms with Crippen LogP contribution in [-0.4, -0.2) is 16.8 Å². The number of rotatable bonds is 4. The zero-order chi connectivity index (χ0) is 14.4. The van der Waals surface area contributed by atoms with Gasteiger partial charge >= 0.3 is 0 Å². The van der Waals surface area contributed by atoms with Crippen LogP contribution in [0, 0.1) is 0 Å². The van der Waals surface area contributed by atoms with E-state index in [0.29, 0.717) is 15.8 Å². The van der Waals surface area contributed by atoms with Crippen LogP contribution in [0.25, 0.3) is 0 Å². The van der Waals surface area contributed by atoms with Gasteiger partial charge in [0, 0.05) is 6.54 Å². The molecule has 0 unspecified atom stereocenters. The number of phenolic OH excluding ortho intramolecular Hbond substituents is 1. The summed E-state index contributed by atoms with van der Waals surface area (Å²) in [4.78, 5) is 0. The molecule has 3 nitrogen and oxygen atoms in total. The van der Waals surface area contributed by atoms with Crippen LogP contribution in [0.3, 0.4) is 0 Å². The zero-order valence-electron chi connectivity index (χ0n) is 10.8. The summed E-state index contributed by atoms with van der Waals surface area (Å²) >= 11 is 11.0. The Morgan fingerprint density at radius 3 is 2.60 bits per heavy atom. The minimum absolute atomic E-state index is 0.00127. The number of nitrogens with one attached hydrogen (secondary N) is 2. The van der Waals surface area contributed by atoms with Crippen LogP contribution in [0.5, 0.6) is 5.75 Å². The standard InChI is InChI=1S/C15H15ClN2OS/c16-12-7-4-8-13(14(12)19)18-15(20)17-10-9-11-5-2-1-3-6-11/h1-8,19H,9-10H2,(H2,17,18,20). The van der Waals surface area contributed by atoms with Gasteiger partial charge in [0.25, 0.3) is 0 Å². The normalized spacial score (nSPS) is 10.1. The lowest BCUT2D eigenvalue weighted by Crippen LogP contribution is -2.30. The van der Waals surface area contributed by atoms with Crippen LogP contribution in [0.4, 0.5) is 5.69 Å². The summed E-state index contributed by atoms with van der Waals surface area (Å²) in [7, 11) is 0. The first-order valence-corrected chi connectivity index (χ1v) is 7.01. The Hall–Kier alpha value is -1.78. The highest BCUT2D eigenvalue weighted by atomic mass is 35.5. The minimum atomic E-state index is 0.00127. The molecule has 2 rings (SSSR count). The molecular weight excluding hydrogens is 292 g/mol. The molecule has 0 atom stereocenters. The Kier molecular flexibility index (Phi) is 5.21. The number of phenols is 1. The smallest absolute Gasteiger partial charge is 0.170 e. The molecule has 0 saturated heterocycles. The second-order valence-corrected chi connectivity index (χ2v) is 5.07. The highest BCUT2D eigenvalue weighted by Crippen LogP contribution is 2.30. The summed E-state index contributed by atoms with van der Waals surface area (Å²) in [6.45, 7) is 0.719. The van der Waals surface area contributed by atoms with Crippen molar-refractivity contribution < 1.29 is 5.11 Å². The van der Waals surface area contributed by atoms with Crippen molar-refractivity contribution in [1.29, 1.82) is 0 Å². The molecular formula is C15H15ClN2OS. The van der Waals surface area contributed by atoms with E-state index >= 15 is 0 Å². The summed E-state index contributed by atoms with van der Waals surface area (Å²) < 4.78 is 0. The molecule has 0 aliphatic heterocycles. The van der Waals surface area contributed by atoms with Crippen molar-refractivity contribution in [2.75, 3.05) is 11.9 Å². The van der Waals surface area contributed by atoms with Crippen LogP contribution >= 0.6 is 23.8 Å². The molecule has 0 spiro atoms. The Labute approximate surface area is 128 Å². The van der Waals surface area contributed by atoms with Gasteiger partial charge in [0.1, 0.15) is 0 Å². The minimum Gasteiger partial charge on any atom is -0.504 e. The molecule has 0 amide bonds. The Morgan fingerprint density at radius 1 is 1.10 bits per heavy atom. The summed E-state index contributed by atoms with van der Waals surface area (Å²) in [5.74, 6) is 0.00127. The lowest BCUT2D eigenvalue weighted by atomic mass is 10.1. The first-order valence-electron chi connectivity index (χ1n) is 6.23. The number of anilines is 1. The van der Waals surface area contributed by atoms with Crippen LogP contribution in [0.15, 0.2) is 48.5 Å². The maximum atomic E-state index is 9.77. The molecule has 20 heavy (non-hydrogen) atoms. The van der Waals surface area contributed by atoms with E-state index in [-0.39, 0.29) is 5.75 Å². The SMILES string of the molecule is Oc1c(Cl)cccc1NC(=S)NCCc1ccccc1. The average Bonchev–Trinajstić information content (AvgIpc) is 2.45. The number of para-hydroxylation sites is 1. The van der Waals surface area contributed by atoms with Gasteiger partial charge in [0.2, 0.25) is 0 Å². The molecule has 0 radical (unpaired) electrons. The largest absolute Gasteiger partial charge is 0.504 e. The molecule has 3 N–H and O–H groups in total. The molecule has 0 aliphatic carbocycles. The number of hydrogen-bond donors (Lipinski definition) is 3. The molecule has 0 heterocycles. The van der Waals surface area contributed by atoms with Crippen molar-refractivity contribution in [3.8, 4) is 5.75 Å². The monoisotopic (exact) mass is 306 g/mol. The number of benzene rings is 2. The molecule has 0 aliphatic rings. The molecule has 104 valence electrons. The molecule has 2 aromatic rings. The third kappa shape index (κ3) is 4.11. The maximum Gasteiger partial charge on any atom is 0.170 e. The van der Waals surface area contributed by atoms with E-state index in [1.165, 1.54) is 5.56 Å². The number of hydrogen-bond acceptors (Lipinski definition) is 2. The van der Waals surface area contributed by atoms with Gasteiger partial charge in [0.05, 0.1) is 10.7 Å². The Bertz CT molecular complexity index is 590. The van der Waals surface area contributed by atoms with Gasteiger partial charge in [-0.15, -0.1) is 0 Å². The van der Waals surface area contributed by atoms with E-state index in [2.05, 4.69) is 22.8 Å². The second kappa shape index (κ2) is 7.12. The van der Waals surface area contributed by atoms with E-state index in [1.54, 1.807) is 18.2 Å². The highest BCUT2D eigenvalue weighted by molar-refractivity contribution is 7.80. The van der Waals surface area contributed by atoms with Gasteiger partial charge in [-0.1, -0.05) is 48.0 Å². The molecule has 0 bridgehead atoms. The predicted molar refractivity (Wildman–Crippen MR) is 87.5 cm³/mol. The Balaban J connectivity index is 1.82. The fraction of sp³-hybridized carbons (Fsp3) is 0.133. The van der Waals surface area contributed by atoms with Crippen molar-refractivity contribution in [1.82, 2.24) is 5.32 Å². The quantitative estimate of drug-likeness (QED) is 0.597. The molecule has 2 aromatic carbocycles. The molecule has 0 fully saturated rings. The lowest BCUT2D eigenvalue weighted by Gasteiger charge is -2.12. The van der Waals surface area contributed by atoms with Crippen LogP contribution in [0.2, 0.25) is 5.02 Å². The molecule has 5 heteroatoms. The first-order chi connectivity index (χ1) is 9.66. The van der Waals surface area contributed by atoms with Gasteiger partial charge in [-0.25, -0.2) is 0 Å². The summed E-state index contributed by atoms with van der Waals surface area (Å²) in [5.41, 5.74) is 1.74. The van der Waals surface area contributed by atoms with Crippen molar-refractivity contribution in [2.24, 2.45) is 0 Å². The summed E-state index contributed by atoms with van der Waals surface area (Å²) in [5, 5.41) is 16.5. The van der Waals surface area contributed by atoms with E-state index in [4.69, 9.17) is 23.8 Å². The summed E-state index contributed by atoms with van der Waals surface area (Å²) in [6.07, 6.45) is 0.879. The third-order valence-corrected chi connectivity index (χ3v) is 3.33. The van der Waals surface area contributed by atoms with Gasteiger partial charge in [-0.2, -0.15) is 0 Å². The summed E-state index contributed by atoms with van der Waals surface area (Å²) in [6, 6.07) is 15.2. The van der Waals surface area contributed by atoms with E-state index in [9.17, 15) is 5.11 Å². The van der Waals surface area contributed by atoms with Gasteiger partial charge in [-0.05, 0) is 36.3 Å². The van der Waals surface area contributed by atoms with Crippen molar-refractivity contribution >= 4 is 34.6 Å². The van der Waals surface area contributed by atoms with Crippen LogP contribution < -0.4 is 10.6 Å². The fourth-order valence-corrected chi connectivity index (χ4v) is 2.13. The van der Waals surface area contributed by atoms with E-state index < -0.39 is 0 Å². The zero-order valence-corrected chi connectivity index (χ0v) is 12.3.